The van der Waals surface area contributed by atoms with Gasteiger partial charge in [0.2, 0.25) is 0 Å². The average molecular weight is 370 g/mol. The van der Waals surface area contributed by atoms with Crippen LogP contribution in [0.3, 0.4) is 0 Å². The molecule has 9 heteroatoms. The Morgan fingerprint density at radius 2 is 2.09 bits per heavy atom. The standard InChI is InChI=1S/C13H16BrN5O3/c1-5-19-6-8(10(17-19)13(21)22-4)15-12(20)11-9(14)7(2)16-18(11)3/h6H,5H2,1-4H3,(H,15,20). The van der Waals surface area contributed by atoms with Gasteiger partial charge in [-0.1, -0.05) is 0 Å². The monoisotopic (exact) mass is 369 g/mol. The molecule has 0 saturated carbocycles. The molecule has 1 N–H and O–H groups in total. The number of rotatable bonds is 4. The molecular weight excluding hydrogens is 354 g/mol. The molecule has 0 saturated heterocycles. The number of amides is 1. The van der Waals surface area contributed by atoms with E-state index in [-0.39, 0.29) is 5.69 Å². The fraction of sp³-hybridized carbons (Fsp3) is 0.385. The minimum absolute atomic E-state index is 0.0627. The summed E-state index contributed by atoms with van der Waals surface area (Å²) < 4.78 is 8.30. The quantitative estimate of drug-likeness (QED) is 0.828. The van der Waals surface area contributed by atoms with E-state index in [9.17, 15) is 9.59 Å². The molecule has 8 nitrogen and oxygen atoms in total. The Kier molecular flexibility index (Phi) is 4.65. The highest BCUT2D eigenvalue weighted by atomic mass is 79.9. The van der Waals surface area contributed by atoms with Crippen molar-refractivity contribution < 1.29 is 14.3 Å². The highest BCUT2D eigenvalue weighted by molar-refractivity contribution is 9.10. The molecule has 0 aliphatic heterocycles. The second-order valence-corrected chi connectivity index (χ2v) is 5.36. The Bertz CT molecular complexity index is 734. The van der Waals surface area contributed by atoms with Crippen molar-refractivity contribution in [2.24, 2.45) is 7.05 Å². The number of hydrogen-bond acceptors (Lipinski definition) is 5. The summed E-state index contributed by atoms with van der Waals surface area (Å²) in [6.07, 6.45) is 1.58. The molecule has 0 bridgehead atoms. The third-order valence-electron chi connectivity index (χ3n) is 3.08. The van der Waals surface area contributed by atoms with Gasteiger partial charge in [0.15, 0.2) is 5.69 Å². The van der Waals surface area contributed by atoms with Gasteiger partial charge in [0.1, 0.15) is 5.69 Å². The largest absolute Gasteiger partial charge is 0.464 e. The smallest absolute Gasteiger partial charge is 0.360 e. The van der Waals surface area contributed by atoms with Crippen molar-refractivity contribution in [2.75, 3.05) is 12.4 Å². The molecule has 22 heavy (non-hydrogen) atoms. The lowest BCUT2D eigenvalue weighted by atomic mass is 10.3. The van der Waals surface area contributed by atoms with Crippen LogP contribution < -0.4 is 5.32 Å². The molecule has 0 fully saturated rings. The van der Waals surface area contributed by atoms with Crippen LogP contribution in [0.2, 0.25) is 0 Å². The summed E-state index contributed by atoms with van der Waals surface area (Å²) in [6.45, 7) is 4.23. The molecule has 0 aliphatic rings. The predicted molar refractivity (Wildman–Crippen MR) is 82.8 cm³/mol. The van der Waals surface area contributed by atoms with Crippen LogP contribution in [0.5, 0.6) is 0 Å². The van der Waals surface area contributed by atoms with E-state index >= 15 is 0 Å². The van der Waals surface area contributed by atoms with Crippen LogP contribution in [-0.2, 0) is 18.3 Å². The zero-order valence-electron chi connectivity index (χ0n) is 12.7. The Labute approximate surface area is 135 Å². The van der Waals surface area contributed by atoms with Gasteiger partial charge in [0.05, 0.1) is 23.0 Å². The lowest BCUT2D eigenvalue weighted by Gasteiger charge is -2.05. The lowest BCUT2D eigenvalue weighted by Crippen LogP contribution is -2.18. The van der Waals surface area contributed by atoms with Crippen LogP contribution in [0.1, 0.15) is 33.6 Å². The van der Waals surface area contributed by atoms with E-state index in [1.807, 2.05) is 6.92 Å². The maximum atomic E-state index is 12.4. The van der Waals surface area contributed by atoms with Crippen molar-refractivity contribution in [3.63, 3.8) is 0 Å². The Balaban J connectivity index is 2.36. The van der Waals surface area contributed by atoms with Crippen LogP contribution in [-0.4, -0.2) is 38.5 Å². The van der Waals surface area contributed by atoms with Crippen molar-refractivity contribution in [2.45, 2.75) is 20.4 Å². The van der Waals surface area contributed by atoms with Crippen molar-refractivity contribution >= 4 is 33.5 Å². The van der Waals surface area contributed by atoms with E-state index in [0.717, 1.165) is 0 Å². The predicted octanol–water partition coefficient (Wildman–Crippen LogP) is 1.75. The number of carbonyl (C=O) groups is 2. The molecule has 2 aromatic rings. The number of nitrogens with zero attached hydrogens (tertiary/aromatic N) is 4. The van der Waals surface area contributed by atoms with Crippen molar-refractivity contribution in [3.8, 4) is 0 Å². The maximum absolute atomic E-state index is 12.4. The molecule has 0 atom stereocenters. The first-order chi connectivity index (χ1) is 10.4. The normalized spacial score (nSPS) is 10.6. The number of carbonyl (C=O) groups excluding carboxylic acids is 2. The highest BCUT2D eigenvalue weighted by Gasteiger charge is 2.23. The van der Waals surface area contributed by atoms with Crippen molar-refractivity contribution in [1.29, 1.82) is 0 Å². The zero-order chi connectivity index (χ0) is 16.4. The van der Waals surface area contributed by atoms with E-state index in [0.29, 0.717) is 28.1 Å². The van der Waals surface area contributed by atoms with E-state index in [2.05, 4.69) is 36.2 Å². The SMILES string of the molecule is CCn1cc(NC(=O)c2c(Br)c(C)nn2C)c(C(=O)OC)n1. The second kappa shape index (κ2) is 6.30. The summed E-state index contributed by atoms with van der Waals surface area (Å²) in [4.78, 5) is 24.2. The first-order valence-corrected chi connectivity index (χ1v) is 7.34. The molecule has 2 aromatic heterocycles. The summed E-state index contributed by atoms with van der Waals surface area (Å²) in [5.74, 6) is -1.00. The van der Waals surface area contributed by atoms with Gasteiger partial charge < -0.3 is 10.1 Å². The van der Waals surface area contributed by atoms with Crippen LogP contribution in [0.15, 0.2) is 10.7 Å². The molecule has 2 heterocycles. The average Bonchev–Trinajstić information content (AvgIpc) is 2.99. The summed E-state index contributed by atoms with van der Waals surface area (Å²) in [5.41, 5.74) is 1.42. The molecule has 1 amide bonds. The third kappa shape index (κ3) is 2.89. The Morgan fingerprint density at radius 1 is 1.41 bits per heavy atom. The number of ether oxygens (including phenoxy) is 1. The summed E-state index contributed by atoms with van der Waals surface area (Å²) in [6, 6.07) is 0. The zero-order valence-corrected chi connectivity index (χ0v) is 14.3. The summed E-state index contributed by atoms with van der Waals surface area (Å²) in [7, 11) is 2.93. The number of anilines is 1. The molecule has 0 spiro atoms. The van der Waals surface area contributed by atoms with Gasteiger partial charge in [-0.3, -0.25) is 14.2 Å². The Hall–Kier alpha value is -2.16. The number of nitrogens with one attached hydrogen (secondary N) is 1. The van der Waals surface area contributed by atoms with Gasteiger partial charge in [-0.2, -0.15) is 10.2 Å². The minimum atomic E-state index is -0.609. The second-order valence-electron chi connectivity index (χ2n) is 4.56. The van der Waals surface area contributed by atoms with Gasteiger partial charge in [-0.05, 0) is 29.8 Å². The van der Waals surface area contributed by atoms with Gasteiger partial charge >= 0.3 is 5.97 Å². The van der Waals surface area contributed by atoms with Crippen molar-refractivity contribution in [3.05, 3.63) is 27.8 Å². The molecular formula is C13H16BrN5O3. The van der Waals surface area contributed by atoms with E-state index < -0.39 is 11.9 Å². The van der Waals surface area contributed by atoms with Crippen LogP contribution >= 0.6 is 15.9 Å². The van der Waals surface area contributed by atoms with E-state index in [1.165, 1.54) is 11.8 Å². The van der Waals surface area contributed by atoms with Crippen molar-refractivity contribution in [1.82, 2.24) is 19.6 Å². The number of hydrogen-bond donors (Lipinski definition) is 1. The fourth-order valence-corrected chi connectivity index (χ4v) is 2.50. The number of aryl methyl sites for hydroxylation is 3. The number of aromatic nitrogens is 4. The topological polar surface area (TPSA) is 91.0 Å². The molecule has 118 valence electrons. The van der Waals surface area contributed by atoms with E-state index in [1.54, 1.807) is 24.9 Å². The Morgan fingerprint density at radius 3 is 2.59 bits per heavy atom. The van der Waals surface area contributed by atoms with E-state index in [4.69, 9.17) is 0 Å². The number of halogens is 1. The molecule has 0 aromatic carbocycles. The molecule has 0 radical (unpaired) electrons. The van der Waals surface area contributed by atoms with Gasteiger partial charge in [0.25, 0.3) is 5.91 Å². The number of methoxy groups -OCH3 is 1. The molecule has 2 rings (SSSR count). The molecule has 0 unspecified atom stereocenters. The van der Waals surface area contributed by atoms with Gasteiger partial charge in [0, 0.05) is 19.8 Å². The first kappa shape index (κ1) is 16.2. The third-order valence-corrected chi connectivity index (χ3v) is 4.03. The summed E-state index contributed by atoms with van der Waals surface area (Å²) >= 11 is 3.34. The van der Waals surface area contributed by atoms with Crippen LogP contribution in [0, 0.1) is 6.92 Å². The minimum Gasteiger partial charge on any atom is -0.464 e. The fourth-order valence-electron chi connectivity index (χ4n) is 1.98. The highest BCUT2D eigenvalue weighted by Crippen LogP contribution is 2.22. The number of esters is 1. The van der Waals surface area contributed by atoms with Crippen LogP contribution in [0.25, 0.3) is 0 Å². The maximum Gasteiger partial charge on any atom is 0.360 e. The van der Waals surface area contributed by atoms with Crippen LogP contribution in [0.4, 0.5) is 5.69 Å². The van der Waals surface area contributed by atoms with Gasteiger partial charge in [-0.15, -0.1) is 0 Å². The lowest BCUT2D eigenvalue weighted by molar-refractivity contribution is 0.0594. The summed E-state index contributed by atoms with van der Waals surface area (Å²) in [5, 5.41) is 10.9. The molecule has 0 aliphatic carbocycles. The van der Waals surface area contributed by atoms with Gasteiger partial charge in [-0.25, -0.2) is 4.79 Å². The first-order valence-electron chi connectivity index (χ1n) is 6.55.